The highest BCUT2D eigenvalue weighted by Crippen LogP contribution is 2.34. The number of amides is 2. The van der Waals surface area contributed by atoms with Crippen LogP contribution in [0.15, 0.2) is 53.6 Å². The van der Waals surface area contributed by atoms with Gasteiger partial charge in [0.25, 0.3) is 0 Å². The molecule has 5 rings (SSSR count). The fraction of sp³-hybridized carbons (Fsp3) is 0.346. The number of nitrogens with one attached hydrogen (secondary N) is 2. The van der Waals surface area contributed by atoms with Crippen LogP contribution in [0.25, 0.3) is 10.9 Å². The van der Waals surface area contributed by atoms with Crippen LogP contribution >= 0.6 is 11.8 Å². The second kappa shape index (κ2) is 10.2. The van der Waals surface area contributed by atoms with Gasteiger partial charge in [0.05, 0.1) is 30.2 Å². The van der Waals surface area contributed by atoms with Gasteiger partial charge in [-0.3, -0.25) is 14.6 Å². The van der Waals surface area contributed by atoms with Crippen LogP contribution in [0.1, 0.15) is 24.5 Å². The van der Waals surface area contributed by atoms with Gasteiger partial charge in [-0.25, -0.2) is 0 Å². The zero-order chi connectivity index (χ0) is 24.4. The van der Waals surface area contributed by atoms with E-state index in [1.165, 1.54) is 11.8 Å². The van der Waals surface area contributed by atoms with Crippen LogP contribution < -0.4 is 15.4 Å². The van der Waals surface area contributed by atoms with Gasteiger partial charge in [-0.05, 0) is 74.0 Å². The Morgan fingerprint density at radius 2 is 2.09 bits per heavy atom. The lowest BCUT2D eigenvalue weighted by Crippen LogP contribution is -2.40. The van der Waals surface area contributed by atoms with Crippen molar-refractivity contribution in [3.8, 4) is 5.75 Å². The third kappa shape index (κ3) is 5.27. The average Bonchev–Trinajstić information content (AvgIpc) is 2.88. The highest BCUT2D eigenvalue weighted by molar-refractivity contribution is 8.00. The van der Waals surface area contributed by atoms with Gasteiger partial charge in [0.2, 0.25) is 11.8 Å². The Kier molecular flexibility index (Phi) is 6.90. The van der Waals surface area contributed by atoms with E-state index in [1.807, 2.05) is 42.5 Å². The first-order valence-corrected chi connectivity index (χ1v) is 12.7. The Labute approximate surface area is 208 Å². The molecule has 182 valence electrons. The standard InChI is InChI=1S/C26H28N4O4S/c1-34-18-3-4-21-20(13-18)19(6-9-27-21)23(31)14-30-10-7-16(8-11-30)26(33)28-17-2-5-24-22(12-17)29-25(32)15-35-24/h2-6,9,12-13,16,23,31H,7-8,10-11,14-15H2,1H3,(H,28,33)(H,29,32)/t23-/m0/s1. The van der Waals surface area contributed by atoms with Crippen molar-refractivity contribution in [2.24, 2.45) is 5.92 Å². The highest BCUT2D eigenvalue weighted by atomic mass is 32.2. The first-order valence-electron chi connectivity index (χ1n) is 11.7. The number of hydrogen-bond acceptors (Lipinski definition) is 7. The van der Waals surface area contributed by atoms with Gasteiger partial charge in [0, 0.05) is 34.6 Å². The quantitative estimate of drug-likeness (QED) is 0.482. The minimum atomic E-state index is -0.665. The number of hydrogen-bond donors (Lipinski definition) is 3. The Morgan fingerprint density at radius 3 is 2.89 bits per heavy atom. The average molecular weight is 493 g/mol. The highest BCUT2D eigenvalue weighted by Gasteiger charge is 2.27. The number of likely N-dealkylation sites (tertiary alicyclic amines) is 1. The Bertz CT molecular complexity index is 1260. The normalized spacial score (nSPS) is 17.5. The van der Waals surface area contributed by atoms with Crippen LogP contribution in [0.4, 0.5) is 11.4 Å². The molecule has 9 heteroatoms. The molecule has 0 bridgehead atoms. The molecule has 2 aromatic carbocycles. The summed E-state index contributed by atoms with van der Waals surface area (Å²) in [5.41, 5.74) is 3.08. The molecule has 3 heterocycles. The van der Waals surface area contributed by atoms with Crippen LogP contribution in [0.2, 0.25) is 0 Å². The van der Waals surface area contributed by atoms with Crippen LogP contribution in [-0.2, 0) is 9.59 Å². The molecule has 2 aliphatic heterocycles. The number of thioether (sulfide) groups is 1. The summed E-state index contributed by atoms with van der Waals surface area (Å²) in [5.74, 6) is 1.02. The van der Waals surface area contributed by atoms with E-state index < -0.39 is 6.10 Å². The lowest BCUT2D eigenvalue weighted by Gasteiger charge is -2.32. The molecule has 3 N–H and O–H groups in total. The van der Waals surface area contributed by atoms with Gasteiger partial charge in [-0.1, -0.05) is 0 Å². The third-order valence-corrected chi connectivity index (χ3v) is 7.68. The maximum absolute atomic E-state index is 12.9. The summed E-state index contributed by atoms with van der Waals surface area (Å²) in [6, 6.07) is 13.1. The number of methoxy groups -OCH3 is 1. The number of benzene rings is 2. The van der Waals surface area contributed by atoms with E-state index >= 15 is 0 Å². The molecule has 0 saturated carbocycles. The Morgan fingerprint density at radius 1 is 1.26 bits per heavy atom. The molecule has 1 fully saturated rings. The van der Waals surface area contributed by atoms with E-state index in [0.717, 1.165) is 58.7 Å². The molecule has 8 nitrogen and oxygen atoms in total. The van der Waals surface area contributed by atoms with Crippen molar-refractivity contribution in [3.63, 3.8) is 0 Å². The van der Waals surface area contributed by atoms with Crippen molar-refractivity contribution in [2.75, 3.05) is 43.1 Å². The lowest BCUT2D eigenvalue weighted by atomic mass is 9.95. The first-order chi connectivity index (χ1) is 17.0. The molecule has 1 atom stereocenters. The van der Waals surface area contributed by atoms with E-state index in [2.05, 4.69) is 20.5 Å². The van der Waals surface area contributed by atoms with Crippen LogP contribution in [0.5, 0.6) is 5.75 Å². The number of β-amino-alcohol motifs (C(OH)–C–C–N with tert-alkyl or cyclic N) is 1. The van der Waals surface area contributed by atoms with Gasteiger partial charge in [-0.2, -0.15) is 0 Å². The molecule has 2 amide bonds. The summed E-state index contributed by atoms with van der Waals surface area (Å²) < 4.78 is 5.34. The second-order valence-corrected chi connectivity index (χ2v) is 9.93. The van der Waals surface area contributed by atoms with Gasteiger partial charge < -0.3 is 25.4 Å². The van der Waals surface area contributed by atoms with Gasteiger partial charge in [0.15, 0.2) is 0 Å². The van der Waals surface area contributed by atoms with E-state index in [-0.39, 0.29) is 17.7 Å². The maximum atomic E-state index is 12.9. The van der Waals surface area contributed by atoms with Crippen molar-refractivity contribution in [1.29, 1.82) is 0 Å². The minimum Gasteiger partial charge on any atom is -0.497 e. The zero-order valence-electron chi connectivity index (χ0n) is 19.5. The number of aliphatic hydroxyl groups excluding tert-OH is 1. The lowest BCUT2D eigenvalue weighted by molar-refractivity contribution is -0.121. The fourth-order valence-corrected chi connectivity index (χ4v) is 5.48. The molecule has 0 unspecified atom stereocenters. The predicted molar refractivity (Wildman–Crippen MR) is 137 cm³/mol. The van der Waals surface area contributed by atoms with Gasteiger partial charge in [0.1, 0.15) is 5.75 Å². The Hall–Kier alpha value is -3.14. The largest absolute Gasteiger partial charge is 0.497 e. The second-order valence-electron chi connectivity index (χ2n) is 8.91. The number of pyridine rings is 1. The number of ether oxygens (including phenoxy) is 1. The van der Waals surface area contributed by atoms with E-state index in [0.29, 0.717) is 18.0 Å². The summed E-state index contributed by atoms with van der Waals surface area (Å²) in [6.45, 7) is 1.96. The topological polar surface area (TPSA) is 104 Å². The van der Waals surface area contributed by atoms with Gasteiger partial charge in [-0.15, -0.1) is 11.8 Å². The number of carbonyl (C=O) groups excluding carboxylic acids is 2. The summed E-state index contributed by atoms with van der Waals surface area (Å²) in [6.07, 6.45) is 2.50. The predicted octanol–water partition coefficient (Wildman–Crippen LogP) is 3.67. The fourth-order valence-electron chi connectivity index (χ4n) is 4.69. The number of fused-ring (bicyclic) bond motifs is 2. The molecule has 0 aliphatic carbocycles. The molecular formula is C26H28N4O4S. The monoisotopic (exact) mass is 492 g/mol. The van der Waals surface area contributed by atoms with Crippen molar-refractivity contribution >= 4 is 45.9 Å². The van der Waals surface area contributed by atoms with E-state index in [1.54, 1.807) is 13.3 Å². The number of piperidine rings is 1. The number of nitrogens with zero attached hydrogens (tertiary/aromatic N) is 2. The molecule has 35 heavy (non-hydrogen) atoms. The van der Waals surface area contributed by atoms with Crippen LogP contribution in [0.3, 0.4) is 0 Å². The summed E-state index contributed by atoms with van der Waals surface area (Å²) in [7, 11) is 1.62. The molecule has 1 aromatic heterocycles. The molecular weight excluding hydrogens is 464 g/mol. The first kappa shape index (κ1) is 23.6. The number of carbonyl (C=O) groups is 2. The van der Waals surface area contributed by atoms with Crippen LogP contribution in [0, 0.1) is 5.92 Å². The van der Waals surface area contributed by atoms with E-state index in [4.69, 9.17) is 4.74 Å². The zero-order valence-corrected chi connectivity index (χ0v) is 20.3. The molecule has 0 radical (unpaired) electrons. The summed E-state index contributed by atoms with van der Waals surface area (Å²) >= 11 is 1.50. The number of anilines is 2. The van der Waals surface area contributed by atoms with Crippen LogP contribution in [-0.4, -0.2) is 59.3 Å². The van der Waals surface area contributed by atoms with Gasteiger partial charge >= 0.3 is 0 Å². The molecule has 1 saturated heterocycles. The Balaban J connectivity index is 1.17. The SMILES string of the molecule is COc1ccc2nccc([C@@H](O)CN3CCC(C(=O)Nc4ccc5c(c4)NC(=O)CS5)CC3)c2c1. The summed E-state index contributed by atoms with van der Waals surface area (Å²) in [5, 5.41) is 17.7. The maximum Gasteiger partial charge on any atom is 0.234 e. The van der Waals surface area contributed by atoms with Crippen molar-refractivity contribution in [3.05, 3.63) is 54.2 Å². The minimum absolute atomic E-state index is 0.00726. The number of aliphatic hydroxyl groups is 1. The van der Waals surface area contributed by atoms with Crippen molar-refractivity contribution in [1.82, 2.24) is 9.88 Å². The molecule has 3 aromatic rings. The molecule has 2 aliphatic rings. The van der Waals surface area contributed by atoms with Crippen molar-refractivity contribution < 1.29 is 19.4 Å². The molecule has 0 spiro atoms. The van der Waals surface area contributed by atoms with Crippen molar-refractivity contribution in [2.45, 2.75) is 23.8 Å². The smallest absolute Gasteiger partial charge is 0.234 e. The summed E-state index contributed by atoms with van der Waals surface area (Å²) in [4.78, 5) is 32.1. The third-order valence-electron chi connectivity index (χ3n) is 6.61. The van der Waals surface area contributed by atoms with E-state index in [9.17, 15) is 14.7 Å². The number of aromatic nitrogens is 1. The number of rotatable bonds is 6.